The summed E-state index contributed by atoms with van der Waals surface area (Å²) >= 11 is 0. The van der Waals surface area contributed by atoms with Gasteiger partial charge in [0.1, 0.15) is 0 Å². The van der Waals surface area contributed by atoms with E-state index in [1.165, 1.54) is 38.5 Å². The highest BCUT2D eigenvalue weighted by Gasteiger charge is 2.11. The highest BCUT2D eigenvalue weighted by Crippen LogP contribution is 2.16. The molecule has 1 aliphatic rings. The van der Waals surface area contributed by atoms with Crippen molar-refractivity contribution in [3.8, 4) is 0 Å². The van der Waals surface area contributed by atoms with Crippen molar-refractivity contribution in [2.75, 3.05) is 18.4 Å². The Balaban J connectivity index is 1.75. The average Bonchev–Trinajstić information content (AvgIpc) is 2.76. The lowest BCUT2D eigenvalue weighted by Crippen LogP contribution is -2.34. The second-order valence-corrected chi connectivity index (χ2v) is 5.84. The van der Waals surface area contributed by atoms with Crippen LogP contribution in [0.3, 0.4) is 0 Å². The lowest BCUT2D eigenvalue weighted by Gasteiger charge is -2.16. The van der Waals surface area contributed by atoms with E-state index in [0.29, 0.717) is 11.9 Å². The van der Waals surface area contributed by atoms with E-state index < -0.39 is 0 Å². The summed E-state index contributed by atoms with van der Waals surface area (Å²) in [6.45, 7) is 4.44. The molecule has 1 aromatic heterocycles. The maximum Gasteiger partial charge on any atom is 0.293 e. The smallest absolute Gasteiger partial charge is 0.293 e. The quantitative estimate of drug-likeness (QED) is 0.598. The molecule has 2 rings (SSSR count). The predicted octanol–water partition coefficient (Wildman–Crippen LogP) is 2.38. The number of aromatic nitrogens is 2. The summed E-state index contributed by atoms with van der Waals surface area (Å²) in [5.74, 6) is 0.466. The molecule has 0 unspecified atom stereocenters. The molecule has 2 N–H and O–H groups in total. The van der Waals surface area contributed by atoms with Crippen molar-refractivity contribution in [3.63, 3.8) is 0 Å². The molecule has 0 aromatic carbocycles. The van der Waals surface area contributed by atoms with Gasteiger partial charge in [-0.15, -0.1) is 0 Å². The maximum atomic E-state index is 12.1. The van der Waals surface area contributed by atoms with Crippen molar-refractivity contribution in [2.24, 2.45) is 0 Å². The summed E-state index contributed by atoms with van der Waals surface area (Å²) in [4.78, 5) is 16.3. The van der Waals surface area contributed by atoms with Gasteiger partial charge in [0.05, 0.1) is 0 Å². The summed E-state index contributed by atoms with van der Waals surface area (Å²) in [6.07, 6.45) is 12.4. The van der Waals surface area contributed by atoms with Crippen molar-refractivity contribution >= 4 is 5.82 Å². The molecule has 0 saturated heterocycles. The van der Waals surface area contributed by atoms with Gasteiger partial charge in [-0.3, -0.25) is 4.79 Å². The zero-order valence-electron chi connectivity index (χ0n) is 13.1. The Morgan fingerprint density at radius 1 is 1.24 bits per heavy atom. The molecule has 5 nitrogen and oxygen atoms in total. The Morgan fingerprint density at radius 2 is 2.00 bits per heavy atom. The third-order valence-corrected chi connectivity index (χ3v) is 4.08. The van der Waals surface area contributed by atoms with Gasteiger partial charge in [0.2, 0.25) is 0 Å². The lowest BCUT2D eigenvalue weighted by molar-refractivity contribution is 0.468. The van der Waals surface area contributed by atoms with Crippen LogP contribution in [0.1, 0.15) is 51.9 Å². The molecular formula is C16H28N4O. The molecule has 118 valence electrons. The van der Waals surface area contributed by atoms with Gasteiger partial charge >= 0.3 is 0 Å². The molecule has 0 atom stereocenters. The van der Waals surface area contributed by atoms with E-state index in [1.54, 1.807) is 17.0 Å². The minimum absolute atomic E-state index is 0.0196. The van der Waals surface area contributed by atoms with Crippen molar-refractivity contribution in [2.45, 2.75) is 64.5 Å². The normalized spacial score (nSPS) is 16.6. The summed E-state index contributed by atoms with van der Waals surface area (Å²) < 4.78 is 1.72. The van der Waals surface area contributed by atoms with Crippen molar-refractivity contribution in [3.05, 3.63) is 22.7 Å². The monoisotopic (exact) mass is 292 g/mol. The summed E-state index contributed by atoms with van der Waals surface area (Å²) in [5, 5.41) is 6.75. The van der Waals surface area contributed by atoms with Crippen LogP contribution in [-0.2, 0) is 6.54 Å². The predicted molar refractivity (Wildman–Crippen MR) is 86.8 cm³/mol. The molecule has 5 heteroatoms. The van der Waals surface area contributed by atoms with Crippen LogP contribution in [0.4, 0.5) is 5.82 Å². The van der Waals surface area contributed by atoms with Crippen LogP contribution in [0.5, 0.6) is 0 Å². The zero-order valence-corrected chi connectivity index (χ0v) is 13.1. The molecule has 1 aliphatic carbocycles. The minimum Gasteiger partial charge on any atom is -0.364 e. The second-order valence-electron chi connectivity index (χ2n) is 5.84. The standard InChI is InChI=1S/C16H28N4O/c1-2-12-20-13-11-19-15(16(20)21)18-10-9-17-14-7-5-3-4-6-8-14/h11,13-14,17H,2-10,12H2,1H3,(H,18,19). The summed E-state index contributed by atoms with van der Waals surface area (Å²) in [7, 11) is 0. The minimum atomic E-state index is -0.0196. The van der Waals surface area contributed by atoms with Gasteiger partial charge in [0.25, 0.3) is 5.56 Å². The fraction of sp³-hybridized carbons (Fsp3) is 0.750. The van der Waals surface area contributed by atoms with E-state index in [4.69, 9.17) is 0 Å². The first-order valence-corrected chi connectivity index (χ1v) is 8.34. The molecule has 1 fully saturated rings. The molecule has 1 aromatic rings. The SMILES string of the molecule is CCCn1ccnc(NCCNC2CCCCCC2)c1=O. The fourth-order valence-electron chi connectivity index (χ4n) is 2.93. The first-order chi connectivity index (χ1) is 10.3. The summed E-state index contributed by atoms with van der Waals surface area (Å²) in [6, 6.07) is 0.648. The van der Waals surface area contributed by atoms with Crippen molar-refractivity contribution in [1.82, 2.24) is 14.9 Å². The van der Waals surface area contributed by atoms with Gasteiger partial charge in [-0.1, -0.05) is 32.6 Å². The molecule has 0 amide bonds. The molecule has 21 heavy (non-hydrogen) atoms. The maximum absolute atomic E-state index is 12.1. The topological polar surface area (TPSA) is 59.0 Å². The molecule has 1 heterocycles. The van der Waals surface area contributed by atoms with Crippen LogP contribution in [0, 0.1) is 0 Å². The average molecular weight is 292 g/mol. The van der Waals surface area contributed by atoms with Crippen LogP contribution in [0.15, 0.2) is 17.2 Å². The first-order valence-electron chi connectivity index (χ1n) is 8.34. The van der Waals surface area contributed by atoms with Crippen LogP contribution >= 0.6 is 0 Å². The number of hydrogen-bond donors (Lipinski definition) is 2. The van der Waals surface area contributed by atoms with Crippen LogP contribution < -0.4 is 16.2 Å². The third-order valence-electron chi connectivity index (χ3n) is 4.08. The van der Waals surface area contributed by atoms with E-state index in [2.05, 4.69) is 22.5 Å². The number of rotatable bonds is 7. The van der Waals surface area contributed by atoms with Gasteiger partial charge < -0.3 is 15.2 Å². The number of hydrogen-bond acceptors (Lipinski definition) is 4. The zero-order chi connectivity index (χ0) is 14.9. The van der Waals surface area contributed by atoms with Crippen molar-refractivity contribution < 1.29 is 0 Å². The van der Waals surface area contributed by atoms with E-state index in [9.17, 15) is 4.79 Å². The van der Waals surface area contributed by atoms with E-state index in [-0.39, 0.29) is 5.56 Å². The number of aryl methyl sites for hydroxylation is 1. The van der Waals surface area contributed by atoms with E-state index >= 15 is 0 Å². The number of nitrogens with one attached hydrogen (secondary N) is 2. The highest BCUT2D eigenvalue weighted by molar-refractivity contribution is 5.30. The van der Waals surface area contributed by atoms with Crippen molar-refractivity contribution in [1.29, 1.82) is 0 Å². The Kier molecular flexibility index (Phi) is 6.73. The van der Waals surface area contributed by atoms with E-state index in [1.807, 2.05) is 0 Å². The van der Waals surface area contributed by atoms with Gasteiger partial charge in [0.15, 0.2) is 5.82 Å². The van der Waals surface area contributed by atoms with Gasteiger partial charge in [-0.05, 0) is 19.3 Å². The molecule has 0 spiro atoms. The number of anilines is 1. The second kappa shape index (κ2) is 8.82. The molecule has 1 saturated carbocycles. The first kappa shape index (κ1) is 16.0. The Hall–Kier alpha value is -1.36. The Bertz CT molecular complexity index is 464. The lowest BCUT2D eigenvalue weighted by atomic mass is 10.1. The van der Waals surface area contributed by atoms with Gasteiger partial charge in [0, 0.05) is 38.1 Å². The van der Waals surface area contributed by atoms with Crippen LogP contribution in [-0.4, -0.2) is 28.7 Å². The molecular weight excluding hydrogens is 264 g/mol. The van der Waals surface area contributed by atoms with Gasteiger partial charge in [-0.25, -0.2) is 4.98 Å². The fourth-order valence-corrected chi connectivity index (χ4v) is 2.93. The highest BCUT2D eigenvalue weighted by atomic mass is 16.1. The third kappa shape index (κ3) is 5.16. The number of nitrogens with zero attached hydrogens (tertiary/aromatic N) is 2. The van der Waals surface area contributed by atoms with Crippen LogP contribution in [0.2, 0.25) is 0 Å². The van der Waals surface area contributed by atoms with Crippen LogP contribution in [0.25, 0.3) is 0 Å². The molecule has 0 aliphatic heterocycles. The Labute approximate surface area is 127 Å². The molecule has 0 radical (unpaired) electrons. The van der Waals surface area contributed by atoms with E-state index in [0.717, 1.165) is 26.1 Å². The molecule has 0 bridgehead atoms. The largest absolute Gasteiger partial charge is 0.364 e. The van der Waals surface area contributed by atoms with Gasteiger partial charge in [-0.2, -0.15) is 0 Å². The Morgan fingerprint density at radius 3 is 2.71 bits per heavy atom. The summed E-state index contributed by atoms with van der Waals surface area (Å²) in [5.41, 5.74) is -0.0196.